The summed E-state index contributed by atoms with van der Waals surface area (Å²) >= 11 is 1.85. The van der Waals surface area contributed by atoms with Crippen LogP contribution in [0.2, 0.25) is 0 Å². The fourth-order valence-corrected chi connectivity index (χ4v) is 10.2. The zero-order chi connectivity index (χ0) is 41.0. The molecule has 9 aromatic carbocycles. The van der Waals surface area contributed by atoms with Gasteiger partial charge < -0.3 is 4.57 Å². The van der Waals surface area contributed by atoms with E-state index in [4.69, 9.17) is 15.0 Å². The molecule has 0 radical (unpaired) electrons. The van der Waals surface area contributed by atoms with Crippen LogP contribution >= 0.6 is 11.3 Å². The summed E-state index contributed by atoms with van der Waals surface area (Å²) in [5.74, 6) is 1.89. The highest BCUT2D eigenvalue weighted by atomic mass is 32.1. The van der Waals surface area contributed by atoms with Crippen LogP contribution in [0.25, 0.3) is 115 Å². The van der Waals surface area contributed by atoms with Gasteiger partial charge >= 0.3 is 0 Å². The largest absolute Gasteiger partial charge is 0.309 e. The van der Waals surface area contributed by atoms with Crippen LogP contribution in [0.15, 0.2) is 218 Å². The minimum absolute atomic E-state index is 0.624. The molecule has 0 spiro atoms. The summed E-state index contributed by atoms with van der Waals surface area (Å²) in [5, 5.41) is 4.98. The maximum absolute atomic E-state index is 5.30. The molecule has 0 amide bonds. The zero-order valence-corrected chi connectivity index (χ0v) is 34.3. The third-order valence-electron chi connectivity index (χ3n) is 11.9. The molecule has 290 valence electrons. The molecule has 4 nitrogen and oxygen atoms in total. The van der Waals surface area contributed by atoms with Gasteiger partial charge in [-0.05, 0) is 64.2 Å². The molecule has 12 aromatic rings. The molecular weight excluding hydrogens is 773 g/mol. The monoisotopic (exact) mass is 808 g/mol. The van der Waals surface area contributed by atoms with E-state index >= 15 is 0 Å². The van der Waals surface area contributed by atoms with Gasteiger partial charge in [-0.15, -0.1) is 11.3 Å². The molecule has 0 saturated heterocycles. The predicted molar refractivity (Wildman–Crippen MR) is 260 cm³/mol. The molecular formula is C57H36N4S. The van der Waals surface area contributed by atoms with Crippen molar-refractivity contribution in [3.8, 4) is 73.2 Å². The highest BCUT2D eigenvalue weighted by molar-refractivity contribution is 7.26. The summed E-state index contributed by atoms with van der Waals surface area (Å²) in [7, 11) is 0. The first-order valence-electron chi connectivity index (χ1n) is 20.9. The van der Waals surface area contributed by atoms with Gasteiger partial charge in [-0.1, -0.05) is 182 Å². The SMILES string of the molecule is c1ccc(-c2cccc(-c3ccc(-c4cccc5c4sc4ccc6c7ccccc7n(-c7ccccc7)c6c45)c(-c4nc(-c5ccccc5)nc(-c5ccccc5)n4)c3)c2)cc1. The lowest BCUT2D eigenvalue weighted by atomic mass is 9.92. The Morgan fingerprint density at radius 1 is 0.339 bits per heavy atom. The molecule has 0 saturated carbocycles. The number of fused-ring (bicyclic) bond motifs is 7. The summed E-state index contributed by atoms with van der Waals surface area (Å²) in [6.07, 6.45) is 0. The number of rotatable bonds is 7. The molecule has 3 aromatic heterocycles. The average molecular weight is 809 g/mol. The Balaban J connectivity index is 1.13. The van der Waals surface area contributed by atoms with Gasteiger partial charge in [0.2, 0.25) is 0 Å². The fourth-order valence-electron chi connectivity index (χ4n) is 8.98. The average Bonchev–Trinajstić information content (AvgIpc) is 3.91. The van der Waals surface area contributed by atoms with Gasteiger partial charge in [0, 0.05) is 58.9 Å². The Bertz CT molecular complexity index is 3560. The van der Waals surface area contributed by atoms with Gasteiger partial charge in [0.05, 0.1) is 11.0 Å². The summed E-state index contributed by atoms with van der Waals surface area (Å²) in [6, 6.07) is 77.4. The van der Waals surface area contributed by atoms with Gasteiger partial charge in [0.1, 0.15) is 0 Å². The van der Waals surface area contributed by atoms with Gasteiger partial charge in [0.25, 0.3) is 0 Å². The third-order valence-corrected chi connectivity index (χ3v) is 13.1. The van der Waals surface area contributed by atoms with Gasteiger partial charge in [-0.25, -0.2) is 15.0 Å². The Morgan fingerprint density at radius 3 is 1.60 bits per heavy atom. The Hall–Kier alpha value is -7.99. The number of thiophene rings is 1. The van der Waals surface area contributed by atoms with Crippen molar-refractivity contribution in [1.29, 1.82) is 0 Å². The van der Waals surface area contributed by atoms with E-state index in [1.54, 1.807) is 0 Å². The molecule has 62 heavy (non-hydrogen) atoms. The molecule has 12 rings (SSSR count). The number of benzene rings is 9. The van der Waals surface area contributed by atoms with E-state index in [-0.39, 0.29) is 0 Å². The first-order valence-corrected chi connectivity index (χ1v) is 21.7. The Kier molecular flexibility index (Phi) is 8.65. The van der Waals surface area contributed by atoms with Crippen molar-refractivity contribution < 1.29 is 0 Å². The van der Waals surface area contributed by atoms with Crippen LogP contribution in [0.1, 0.15) is 0 Å². The van der Waals surface area contributed by atoms with Gasteiger partial charge in [0.15, 0.2) is 17.5 Å². The lowest BCUT2D eigenvalue weighted by molar-refractivity contribution is 1.07. The van der Waals surface area contributed by atoms with Crippen molar-refractivity contribution >= 4 is 53.3 Å². The second-order valence-electron chi connectivity index (χ2n) is 15.6. The topological polar surface area (TPSA) is 43.6 Å². The molecule has 0 N–H and O–H groups in total. The van der Waals surface area contributed by atoms with Crippen molar-refractivity contribution in [1.82, 2.24) is 19.5 Å². The van der Waals surface area contributed by atoms with E-state index in [0.717, 1.165) is 44.6 Å². The van der Waals surface area contributed by atoms with Crippen LogP contribution in [0.3, 0.4) is 0 Å². The summed E-state index contributed by atoms with van der Waals surface area (Å²) in [4.78, 5) is 15.7. The molecule has 0 aliphatic carbocycles. The second kappa shape index (κ2) is 14.9. The van der Waals surface area contributed by atoms with Crippen molar-refractivity contribution in [3.63, 3.8) is 0 Å². The van der Waals surface area contributed by atoms with Crippen molar-refractivity contribution in [2.45, 2.75) is 0 Å². The van der Waals surface area contributed by atoms with Gasteiger partial charge in [-0.2, -0.15) is 0 Å². The van der Waals surface area contributed by atoms with E-state index in [2.05, 4.69) is 187 Å². The fraction of sp³-hybridized carbons (Fsp3) is 0. The van der Waals surface area contributed by atoms with Crippen LogP contribution in [0, 0.1) is 0 Å². The minimum Gasteiger partial charge on any atom is -0.309 e. The van der Waals surface area contributed by atoms with E-state index < -0.39 is 0 Å². The van der Waals surface area contributed by atoms with Crippen molar-refractivity contribution in [2.24, 2.45) is 0 Å². The zero-order valence-electron chi connectivity index (χ0n) is 33.5. The maximum Gasteiger partial charge on any atom is 0.164 e. The van der Waals surface area contributed by atoms with Crippen LogP contribution in [-0.4, -0.2) is 19.5 Å². The van der Waals surface area contributed by atoms with Crippen LogP contribution in [-0.2, 0) is 0 Å². The highest BCUT2D eigenvalue weighted by Crippen LogP contribution is 2.47. The molecule has 5 heteroatoms. The third kappa shape index (κ3) is 6.09. The smallest absolute Gasteiger partial charge is 0.164 e. The molecule has 0 aliphatic heterocycles. The lowest BCUT2D eigenvalue weighted by Gasteiger charge is -2.15. The quantitative estimate of drug-likeness (QED) is 0.161. The first-order chi connectivity index (χ1) is 30.7. The standard InChI is InChI=1S/C57H36N4S/c1-5-17-37(18-6-1)40-23-15-24-41(35-40)42-31-32-44(49(36-42)57-59-55(38-19-7-2-8-20-38)58-56(60-57)39-21-9-3-10-22-39)47-28-16-29-48-52-51(62-54(47)48)34-33-46-45-27-13-14-30-50(45)61(53(46)52)43-25-11-4-12-26-43/h1-36H. The number of hydrogen-bond donors (Lipinski definition) is 0. The highest BCUT2D eigenvalue weighted by Gasteiger charge is 2.22. The number of hydrogen-bond acceptors (Lipinski definition) is 4. The summed E-state index contributed by atoms with van der Waals surface area (Å²) in [6.45, 7) is 0. The van der Waals surface area contributed by atoms with Crippen molar-refractivity contribution in [2.75, 3.05) is 0 Å². The molecule has 3 heterocycles. The molecule has 0 bridgehead atoms. The molecule has 0 aliphatic rings. The van der Waals surface area contributed by atoms with E-state index in [1.165, 1.54) is 53.1 Å². The maximum atomic E-state index is 5.30. The lowest BCUT2D eigenvalue weighted by Crippen LogP contribution is -2.01. The molecule has 0 unspecified atom stereocenters. The van der Waals surface area contributed by atoms with Crippen LogP contribution < -0.4 is 0 Å². The summed E-state index contributed by atoms with van der Waals surface area (Å²) in [5.41, 5.74) is 13.1. The molecule has 0 fully saturated rings. The predicted octanol–water partition coefficient (Wildman–Crippen LogP) is 15.3. The van der Waals surface area contributed by atoms with E-state index in [1.807, 2.05) is 47.7 Å². The summed E-state index contributed by atoms with van der Waals surface area (Å²) < 4.78 is 4.91. The molecule has 0 atom stereocenters. The number of para-hydroxylation sites is 2. The van der Waals surface area contributed by atoms with E-state index in [0.29, 0.717) is 17.5 Å². The normalized spacial score (nSPS) is 11.5. The van der Waals surface area contributed by atoms with Crippen LogP contribution in [0.5, 0.6) is 0 Å². The number of nitrogens with zero attached hydrogens (tertiary/aromatic N) is 4. The van der Waals surface area contributed by atoms with Crippen LogP contribution in [0.4, 0.5) is 0 Å². The Morgan fingerprint density at radius 2 is 0.887 bits per heavy atom. The van der Waals surface area contributed by atoms with E-state index in [9.17, 15) is 0 Å². The minimum atomic E-state index is 0.624. The Labute approximate surface area is 362 Å². The first kappa shape index (κ1) is 35.9. The number of aromatic nitrogens is 4. The second-order valence-corrected chi connectivity index (χ2v) is 16.6. The van der Waals surface area contributed by atoms with Gasteiger partial charge in [-0.3, -0.25) is 0 Å². The van der Waals surface area contributed by atoms with Crippen molar-refractivity contribution in [3.05, 3.63) is 218 Å².